The van der Waals surface area contributed by atoms with Crippen LogP contribution in [0.1, 0.15) is 37.7 Å². The molecule has 0 saturated carbocycles. The minimum Gasteiger partial charge on any atom is -0.399 e. The van der Waals surface area contributed by atoms with E-state index in [4.69, 9.17) is 5.73 Å². The van der Waals surface area contributed by atoms with Crippen molar-refractivity contribution in [1.29, 1.82) is 0 Å². The molecule has 0 aliphatic heterocycles. The third-order valence-electron chi connectivity index (χ3n) is 3.77. The lowest BCUT2D eigenvalue weighted by molar-refractivity contribution is 0.262. The fourth-order valence-electron chi connectivity index (χ4n) is 2.55. The normalized spacial score (nSPS) is 11.2. The fourth-order valence-corrected chi connectivity index (χ4v) is 2.55. The Morgan fingerprint density at radius 1 is 1.14 bits per heavy atom. The maximum Gasteiger partial charge on any atom is 0.0625 e. The molecule has 114 valence electrons. The molecular formula is C17H26N4. The number of hydrogen-bond donors (Lipinski definition) is 1. The monoisotopic (exact) mass is 286 g/mol. The van der Waals surface area contributed by atoms with Crippen molar-refractivity contribution in [3.63, 3.8) is 0 Å². The van der Waals surface area contributed by atoms with Crippen molar-refractivity contribution in [3.8, 4) is 0 Å². The first-order valence-corrected chi connectivity index (χ1v) is 7.78. The first kappa shape index (κ1) is 15.6. The molecule has 2 aromatic rings. The number of rotatable bonds is 7. The quantitative estimate of drug-likeness (QED) is 0.796. The van der Waals surface area contributed by atoms with E-state index >= 15 is 0 Å². The molecule has 1 aromatic carbocycles. The molecule has 0 bridgehead atoms. The highest BCUT2D eigenvalue weighted by molar-refractivity contribution is 5.40. The Morgan fingerprint density at radius 2 is 1.95 bits per heavy atom. The maximum atomic E-state index is 5.86. The summed E-state index contributed by atoms with van der Waals surface area (Å²) in [7, 11) is 0. The highest BCUT2D eigenvalue weighted by Crippen LogP contribution is 2.14. The lowest BCUT2D eigenvalue weighted by Gasteiger charge is -2.21. The Bertz CT molecular complexity index is 574. The summed E-state index contributed by atoms with van der Waals surface area (Å²) in [6.07, 6.45) is 0.987. The van der Waals surface area contributed by atoms with E-state index in [1.165, 1.54) is 17.0 Å². The summed E-state index contributed by atoms with van der Waals surface area (Å²) in [6, 6.07) is 10.4. The van der Waals surface area contributed by atoms with E-state index in [9.17, 15) is 0 Å². The number of nitrogens with zero attached hydrogens (tertiary/aromatic N) is 3. The number of nitrogens with two attached hydrogens (primary N) is 1. The Morgan fingerprint density at radius 3 is 2.57 bits per heavy atom. The second-order valence-corrected chi connectivity index (χ2v) is 5.34. The number of aryl methyl sites for hydroxylation is 2. The van der Waals surface area contributed by atoms with Crippen molar-refractivity contribution in [1.82, 2.24) is 14.7 Å². The summed E-state index contributed by atoms with van der Waals surface area (Å²) in [5.41, 5.74) is 10.4. The molecule has 1 aromatic heterocycles. The van der Waals surface area contributed by atoms with Crippen molar-refractivity contribution in [2.24, 2.45) is 0 Å². The van der Waals surface area contributed by atoms with Crippen LogP contribution in [-0.4, -0.2) is 21.2 Å². The lowest BCUT2D eigenvalue weighted by atomic mass is 10.2. The summed E-state index contributed by atoms with van der Waals surface area (Å²) in [5.74, 6) is 0. The summed E-state index contributed by atoms with van der Waals surface area (Å²) in [4.78, 5) is 2.41. The molecule has 0 fully saturated rings. The molecule has 2 rings (SSSR count). The van der Waals surface area contributed by atoms with Crippen LogP contribution in [0.5, 0.6) is 0 Å². The Hall–Kier alpha value is -1.81. The van der Waals surface area contributed by atoms with Crippen molar-refractivity contribution < 1.29 is 0 Å². The zero-order valence-corrected chi connectivity index (χ0v) is 13.3. The molecule has 0 amide bonds. The average molecular weight is 286 g/mol. The molecule has 0 aliphatic rings. The zero-order chi connectivity index (χ0) is 15.2. The smallest absolute Gasteiger partial charge is 0.0625 e. The van der Waals surface area contributed by atoms with Crippen LogP contribution in [0.2, 0.25) is 0 Å². The van der Waals surface area contributed by atoms with Crippen LogP contribution in [0, 0.1) is 0 Å². The third-order valence-corrected chi connectivity index (χ3v) is 3.77. The van der Waals surface area contributed by atoms with Crippen LogP contribution >= 0.6 is 0 Å². The van der Waals surface area contributed by atoms with Crippen LogP contribution < -0.4 is 5.73 Å². The van der Waals surface area contributed by atoms with Crippen molar-refractivity contribution in [2.45, 2.75) is 46.8 Å². The molecular weight excluding hydrogens is 260 g/mol. The molecule has 0 spiro atoms. The molecule has 0 unspecified atom stereocenters. The minimum absolute atomic E-state index is 0.829. The summed E-state index contributed by atoms with van der Waals surface area (Å²) in [6.45, 7) is 10.3. The van der Waals surface area contributed by atoms with E-state index in [0.717, 1.165) is 38.3 Å². The van der Waals surface area contributed by atoms with E-state index in [-0.39, 0.29) is 0 Å². The molecule has 0 radical (unpaired) electrons. The van der Waals surface area contributed by atoms with Crippen molar-refractivity contribution in [3.05, 3.63) is 47.3 Å². The average Bonchev–Trinajstić information content (AvgIpc) is 2.88. The van der Waals surface area contributed by atoms with Gasteiger partial charge < -0.3 is 5.73 Å². The van der Waals surface area contributed by atoms with Crippen LogP contribution in [0.25, 0.3) is 0 Å². The van der Waals surface area contributed by atoms with Gasteiger partial charge in [-0.25, -0.2) is 0 Å². The van der Waals surface area contributed by atoms with Gasteiger partial charge in [-0.1, -0.05) is 26.0 Å². The van der Waals surface area contributed by atoms with Gasteiger partial charge >= 0.3 is 0 Å². The largest absolute Gasteiger partial charge is 0.399 e. The summed E-state index contributed by atoms with van der Waals surface area (Å²) < 4.78 is 2.11. The van der Waals surface area contributed by atoms with Gasteiger partial charge in [0.15, 0.2) is 0 Å². The van der Waals surface area contributed by atoms with Crippen LogP contribution in [-0.2, 0) is 26.1 Å². The van der Waals surface area contributed by atoms with E-state index < -0.39 is 0 Å². The third kappa shape index (κ3) is 4.08. The molecule has 2 N–H and O–H groups in total. The second kappa shape index (κ2) is 7.27. The van der Waals surface area contributed by atoms with Gasteiger partial charge in [0.1, 0.15) is 0 Å². The minimum atomic E-state index is 0.829. The molecule has 0 aliphatic carbocycles. The van der Waals surface area contributed by atoms with Crippen molar-refractivity contribution in [2.75, 3.05) is 12.3 Å². The highest BCUT2D eigenvalue weighted by Gasteiger charge is 2.11. The van der Waals surface area contributed by atoms with Gasteiger partial charge in [-0.15, -0.1) is 0 Å². The predicted octanol–water partition coefficient (Wildman–Crippen LogP) is 3.07. The predicted molar refractivity (Wildman–Crippen MR) is 87.9 cm³/mol. The fraction of sp³-hybridized carbons (Fsp3) is 0.471. The second-order valence-electron chi connectivity index (χ2n) is 5.34. The first-order chi connectivity index (χ1) is 10.2. The molecule has 4 nitrogen and oxygen atoms in total. The van der Waals surface area contributed by atoms with Crippen molar-refractivity contribution >= 4 is 5.69 Å². The van der Waals surface area contributed by atoms with Gasteiger partial charge in [-0.3, -0.25) is 9.58 Å². The van der Waals surface area contributed by atoms with Gasteiger partial charge in [0.2, 0.25) is 0 Å². The van der Waals surface area contributed by atoms with Gasteiger partial charge in [-0.05, 0) is 43.7 Å². The van der Waals surface area contributed by atoms with E-state index in [0.29, 0.717) is 0 Å². The first-order valence-electron chi connectivity index (χ1n) is 7.78. The van der Waals surface area contributed by atoms with Gasteiger partial charge in [-0.2, -0.15) is 5.10 Å². The summed E-state index contributed by atoms with van der Waals surface area (Å²) in [5, 5.41) is 4.63. The molecule has 0 atom stereocenters. The molecule has 4 heteroatoms. The number of benzene rings is 1. The standard InChI is InChI=1S/C17H26N4/c1-4-16-11-17(21(6-3)19-16)13-20(5-2)12-14-8-7-9-15(18)10-14/h7-11H,4-6,12-13,18H2,1-3H3. The van der Waals surface area contributed by atoms with Crippen LogP contribution in [0.15, 0.2) is 30.3 Å². The van der Waals surface area contributed by atoms with E-state index in [1.807, 2.05) is 12.1 Å². The SMILES string of the molecule is CCc1cc(CN(CC)Cc2cccc(N)c2)n(CC)n1. The van der Waals surface area contributed by atoms with Crippen LogP contribution in [0.3, 0.4) is 0 Å². The van der Waals surface area contributed by atoms with E-state index in [2.05, 4.69) is 53.7 Å². The zero-order valence-electron chi connectivity index (χ0n) is 13.3. The number of anilines is 1. The number of hydrogen-bond acceptors (Lipinski definition) is 3. The van der Waals surface area contributed by atoms with Gasteiger partial charge in [0, 0.05) is 25.3 Å². The maximum absolute atomic E-state index is 5.86. The Balaban J connectivity index is 2.10. The lowest BCUT2D eigenvalue weighted by Crippen LogP contribution is -2.24. The number of aromatic nitrogens is 2. The Kier molecular flexibility index (Phi) is 5.39. The molecule has 0 saturated heterocycles. The van der Waals surface area contributed by atoms with Gasteiger partial charge in [0.25, 0.3) is 0 Å². The summed E-state index contributed by atoms with van der Waals surface area (Å²) >= 11 is 0. The molecule has 1 heterocycles. The Labute approximate surface area is 127 Å². The number of nitrogen functional groups attached to an aromatic ring is 1. The van der Waals surface area contributed by atoms with E-state index in [1.54, 1.807) is 0 Å². The molecule has 21 heavy (non-hydrogen) atoms. The highest BCUT2D eigenvalue weighted by atomic mass is 15.3. The van der Waals surface area contributed by atoms with Gasteiger partial charge in [0.05, 0.1) is 11.4 Å². The van der Waals surface area contributed by atoms with Crippen LogP contribution in [0.4, 0.5) is 5.69 Å². The topological polar surface area (TPSA) is 47.1 Å².